The minimum absolute atomic E-state index is 0.453. The van der Waals surface area contributed by atoms with Gasteiger partial charge in [0.15, 0.2) is 0 Å². The van der Waals surface area contributed by atoms with Crippen molar-refractivity contribution in [2.45, 2.75) is 26.3 Å². The van der Waals surface area contributed by atoms with E-state index >= 15 is 0 Å². The van der Waals surface area contributed by atoms with Gasteiger partial charge in [-0.05, 0) is 42.5 Å². The predicted molar refractivity (Wildman–Crippen MR) is 66.8 cm³/mol. The molecule has 0 aliphatic heterocycles. The Labute approximate surface area is 98.0 Å². The molecule has 3 unspecified atom stereocenters. The highest BCUT2D eigenvalue weighted by atomic mass is 16.5. The molecule has 0 heterocycles. The minimum atomic E-state index is 0.453. The van der Waals surface area contributed by atoms with E-state index in [0.717, 1.165) is 12.2 Å². The Bertz CT molecular complexity index is 375. The van der Waals surface area contributed by atoms with Crippen LogP contribution in [0.1, 0.15) is 31.0 Å². The molecule has 1 aliphatic carbocycles. The van der Waals surface area contributed by atoms with Gasteiger partial charge in [-0.3, -0.25) is 0 Å². The van der Waals surface area contributed by atoms with E-state index in [4.69, 9.17) is 4.74 Å². The Hall–Kier alpha value is -1.02. The van der Waals surface area contributed by atoms with Crippen molar-refractivity contribution in [3.63, 3.8) is 0 Å². The summed E-state index contributed by atoms with van der Waals surface area (Å²) in [7, 11) is 3.80. The summed E-state index contributed by atoms with van der Waals surface area (Å²) in [6.07, 6.45) is 1.12. The molecule has 88 valence electrons. The second kappa shape index (κ2) is 4.46. The molecule has 3 atom stereocenters. The van der Waals surface area contributed by atoms with E-state index in [-0.39, 0.29) is 0 Å². The van der Waals surface area contributed by atoms with Gasteiger partial charge in [0.25, 0.3) is 0 Å². The lowest BCUT2D eigenvalue weighted by Crippen LogP contribution is -2.33. The van der Waals surface area contributed by atoms with Gasteiger partial charge in [-0.25, -0.2) is 0 Å². The first-order valence-corrected chi connectivity index (χ1v) is 6.02. The number of ether oxygens (including phenoxy) is 1. The summed E-state index contributed by atoms with van der Waals surface area (Å²) in [4.78, 5) is 0. The molecule has 1 aromatic carbocycles. The molecule has 0 spiro atoms. The van der Waals surface area contributed by atoms with Crippen LogP contribution in [0.15, 0.2) is 18.2 Å². The van der Waals surface area contributed by atoms with E-state index in [9.17, 15) is 0 Å². The third kappa shape index (κ3) is 1.71. The van der Waals surface area contributed by atoms with Crippen molar-refractivity contribution < 1.29 is 4.74 Å². The van der Waals surface area contributed by atoms with Gasteiger partial charge < -0.3 is 10.1 Å². The monoisotopic (exact) mass is 219 g/mol. The van der Waals surface area contributed by atoms with Crippen LogP contribution in [0.3, 0.4) is 0 Å². The van der Waals surface area contributed by atoms with Gasteiger partial charge in [0.1, 0.15) is 5.75 Å². The highest BCUT2D eigenvalue weighted by Crippen LogP contribution is 2.40. The van der Waals surface area contributed by atoms with Crippen molar-refractivity contribution >= 4 is 0 Å². The van der Waals surface area contributed by atoms with E-state index in [1.165, 1.54) is 11.1 Å². The van der Waals surface area contributed by atoms with Crippen molar-refractivity contribution in [2.75, 3.05) is 14.2 Å². The van der Waals surface area contributed by atoms with Gasteiger partial charge in [-0.1, -0.05) is 26.0 Å². The smallest absolute Gasteiger partial charge is 0.122 e. The molecule has 0 saturated heterocycles. The summed E-state index contributed by atoms with van der Waals surface area (Å²) in [5.41, 5.74) is 2.79. The molecule has 0 saturated carbocycles. The molecule has 2 heteroatoms. The maximum atomic E-state index is 5.46. The Morgan fingerprint density at radius 2 is 2.06 bits per heavy atom. The number of nitrogens with one attached hydrogen (secondary N) is 1. The average molecular weight is 219 g/mol. The first-order chi connectivity index (χ1) is 7.69. The maximum absolute atomic E-state index is 5.46. The SMILES string of the molecule is CNC1c2cccc(OC)c2CC(C)C1C. The number of benzene rings is 1. The lowest BCUT2D eigenvalue weighted by atomic mass is 9.74. The van der Waals surface area contributed by atoms with Crippen molar-refractivity contribution in [3.8, 4) is 5.75 Å². The summed E-state index contributed by atoms with van der Waals surface area (Å²) < 4.78 is 5.46. The van der Waals surface area contributed by atoms with Gasteiger partial charge in [-0.15, -0.1) is 0 Å². The van der Waals surface area contributed by atoms with Crippen molar-refractivity contribution in [1.82, 2.24) is 5.32 Å². The molecule has 0 radical (unpaired) electrons. The van der Waals surface area contributed by atoms with Crippen LogP contribution in [0.2, 0.25) is 0 Å². The highest BCUT2D eigenvalue weighted by molar-refractivity contribution is 5.44. The fourth-order valence-electron chi connectivity index (χ4n) is 2.82. The van der Waals surface area contributed by atoms with Gasteiger partial charge in [0.2, 0.25) is 0 Å². The number of hydrogen-bond donors (Lipinski definition) is 1. The Balaban J connectivity index is 2.49. The van der Waals surface area contributed by atoms with E-state index in [1.54, 1.807) is 7.11 Å². The van der Waals surface area contributed by atoms with E-state index in [1.807, 2.05) is 7.05 Å². The summed E-state index contributed by atoms with van der Waals surface area (Å²) in [5.74, 6) is 2.40. The molecule has 0 bridgehead atoms. The van der Waals surface area contributed by atoms with Crippen LogP contribution in [-0.2, 0) is 6.42 Å². The zero-order valence-electron chi connectivity index (χ0n) is 10.6. The fourth-order valence-corrected chi connectivity index (χ4v) is 2.82. The molecule has 0 aromatic heterocycles. The van der Waals surface area contributed by atoms with Crippen LogP contribution in [0.4, 0.5) is 0 Å². The Morgan fingerprint density at radius 1 is 1.31 bits per heavy atom. The molecule has 2 rings (SSSR count). The lowest BCUT2D eigenvalue weighted by molar-refractivity contribution is 0.269. The predicted octanol–water partition coefficient (Wildman–Crippen LogP) is 2.78. The fraction of sp³-hybridized carbons (Fsp3) is 0.571. The van der Waals surface area contributed by atoms with Crippen LogP contribution >= 0.6 is 0 Å². The molecular formula is C14H21NO. The first-order valence-electron chi connectivity index (χ1n) is 6.02. The maximum Gasteiger partial charge on any atom is 0.122 e. The molecular weight excluding hydrogens is 198 g/mol. The van der Waals surface area contributed by atoms with E-state index < -0.39 is 0 Å². The summed E-state index contributed by atoms with van der Waals surface area (Å²) >= 11 is 0. The first kappa shape index (κ1) is 11.5. The number of fused-ring (bicyclic) bond motifs is 1. The number of methoxy groups -OCH3 is 1. The van der Waals surface area contributed by atoms with E-state index in [2.05, 4.69) is 37.4 Å². The zero-order chi connectivity index (χ0) is 11.7. The zero-order valence-corrected chi connectivity index (χ0v) is 10.6. The van der Waals surface area contributed by atoms with Crippen LogP contribution in [-0.4, -0.2) is 14.2 Å². The third-order valence-corrected chi connectivity index (χ3v) is 3.98. The van der Waals surface area contributed by atoms with Crippen LogP contribution < -0.4 is 10.1 Å². The molecule has 0 fully saturated rings. The quantitative estimate of drug-likeness (QED) is 0.826. The molecule has 1 N–H and O–H groups in total. The van der Waals surface area contributed by atoms with Crippen LogP contribution in [0.25, 0.3) is 0 Å². The Morgan fingerprint density at radius 3 is 2.69 bits per heavy atom. The van der Waals surface area contributed by atoms with Crippen molar-refractivity contribution in [1.29, 1.82) is 0 Å². The van der Waals surface area contributed by atoms with Crippen molar-refractivity contribution in [3.05, 3.63) is 29.3 Å². The summed E-state index contributed by atoms with van der Waals surface area (Å²) in [6.45, 7) is 4.65. The highest BCUT2D eigenvalue weighted by Gasteiger charge is 2.31. The van der Waals surface area contributed by atoms with Gasteiger partial charge in [-0.2, -0.15) is 0 Å². The summed E-state index contributed by atoms with van der Waals surface area (Å²) in [6, 6.07) is 6.83. The average Bonchev–Trinajstić information content (AvgIpc) is 2.30. The second-order valence-corrected chi connectivity index (χ2v) is 4.83. The molecule has 16 heavy (non-hydrogen) atoms. The molecule has 1 aliphatic rings. The van der Waals surface area contributed by atoms with Gasteiger partial charge in [0.05, 0.1) is 7.11 Å². The van der Waals surface area contributed by atoms with Crippen molar-refractivity contribution in [2.24, 2.45) is 11.8 Å². The van der Waals surface area contributed by atoms with Gasteiger partial charge >= 0.3 is 0 Å². The minimum Gasteiger partial charge on any atom is -0.496 e. The third-order valence-electron chi connectivity index (χ3n) is 3.98. The van der Waals surface area contributed by atoms with Crippen LogP contribution in [0.5, 0.6) is 5.75 Å². The largest absolute Gasteiger partial charge is 0.496 e. The van der Waals surface area contributed by atoms with Gasteiger partial charge in [0, 0.05) is 6.04 Å². The molecule has 0 amide bonds. The lowest BCUT2D eigenvalue weighted by Gasteiger charge is -2.36. The van der Waals surface area contributed by atoms with E-state index in [0.29, 0.717) is 17.9 Å². The summed E-state index contributed by atoms with van der Waals surface area (Å²) in [5, 5.41) is 3.44. The molecule has 1 aromatic rings. The standard InChI is InChI=1S/C14H21NO/c1-9-8-12-11(14(15-3)10(9)2)6-5-7-13(12)16-4/h5-7,9-10,14-15H,8H2,1-4H3. The number of rotatable bonds is 2. The van der Waals surface area contributed by atoms with Crippen LogP contribution in [0, 0.1) is 11.8 Å². The normalized spacial score (nSPS) is 28.6. The topological polar surface area (TPSA) is 21.3 Å². The Kier molecular flexibility index (Phi) is 3.20. The molecule has 2 nitrogen and oxygen atoms in total. The second-order valence-electron chi connectivity index (χ2n) is 4.83. The number of hydrogen-bond acceptors (Lipinski definition) is 2.